The van der Waals surface area contributed by atoms with E-state index in [1.165, 1.54) is 5.56 Å². The highest BCUT2D eigenvalue weighted by atomic mass is 16.5. The molecule has 0 amide bonds. The van der Waals surface area contributed by atoms with Crippen LogP contribution in [0.3, 0.4) is 0 Å². The summed E-state index contributed by atoms with van der Waals surface area (Å²) < 4.78 is 4.94. The molecule has 1 heteroatoms. The fourth-order valence-electron chi connectivity index (χ4n) is 0.723. The molecule has 0 atom stereocenters. The second-order valence-electron chi connectivity index (χ2n) is 4.46. The van der Waals surface area contributed by atoms with E-state index in [-0.39, 0.29) is 5.60 Å². The predicted octanol–water partition coefficient (Wildman–Crippen LogP) is 4.15. The third-order valence-electron chi connectivity index (χ3n) is 1.88. The van der Waals surface area contributed by atoms with Crippen LogP contribution in [0.2, 0.25) is 0 Å². The molecule has 0 spiro atoms. The van der Waals surface area contributed by atoms with Gasteiger partial charge in [-0.05, 0) is 33.3 Å². The van der Waals surface area contributed by atoms with Crippen LogP contribution in [-0.2, 0) is 4.74 Å². The van der Waals surface area contributed by atoms with Crippen molar-refractivity contribution in [2.24, 2.45) is 0 Å². The molecule has 0 fully saturated rings. The lowest BCUT2D eigenvalue weighted by molar-refractivity contribution is 0.0397. The Balaban J connectivity index is 0.000000288. The van der Waals surface area contributed by atoms with E-state index in [9.17, 15) is 0 Å². The standard InChI is InChI=1S/C9H10.C5H12O/c1-8(2)9-6-4-3-5-7-9;1-5(2,3)6-4/h3-7H,1H2,2H3;1-4H3. The lowest BCUT2D eigenvalue weighted by atomic mass is 10.1. The Bertz CT molecular complexity index is 280. The summed E-state index contributed by atoms with van der Waals surface area (Å²) >= 11 is 0. The zero-order chi connectivity index (χ0) is 11.9. The number of rotatable bonds is 1. The molecule has 0 bridgehead atoms. The van der Waals surface area contributed by atoms with Gasteiger partial charge < -0.3 is 4.74 Å². The molecule has 1 aromatic carbocycles. The Morgan fingerprint density at radius 1 is 1.13 bits per heavy atom. The van der Waals surface area contributed by atoms with Crippen molar-refractivity contribution in [1.82, 2.24) is 0 Å². The maximum Gasteiger partial charge on any atom is 0.0594 e. The number of hydrogen-bond acceptors (Lipinski definition) is 1. The van der Waals surface area contributed by atoms with E-state index in [0.717, 1.165) is 5.57 Å². The molecule has 0 heterocycles. The van der Waals surface area contributed by atoms with Crippen molar-refractivity contribution in [3.8, 4) is 0 Å². The molecule has 0 aliphatic carbocycles. The van der Waals surface area contributed by atoms with Gasteiger partial charge in [0.2, 0.25) is 0 Å². The zero-order valence-electron chi connectivity index (χ0n) is 10.5. The third kappa shape index (κ3) is 7.95. The van der Waals surface area contributed by atoms with E-state index in [0.29, 0.717) is 0 Å². The molecule has 1 aromatic rings. The zero-order valence-corrected chi connectivity index (χ0v) is 10.5. The average Bonchev–Trinajstić information content (AvgIpc) is 2.19. The lowest BCUT2D eigenvalue weighted by Crippen LogP contribution is -2.15. The highest BCUT2D eigenvalue weighted by molar-refractivity contribution is 5.60. The van der Waals surface area contributed by atoms with Crippen LogP contribution >= 0.6 is 0 Å². The van der Waals surface area contributed by atoms with Crippen molar-refractivity contribution in [2.45, 2.75) is 33.3 Å². The first-order chi connectivity index (χ1) is 6.87. The summed E-state index contributed by atoms with van der Waals surface area (Å²) in [6, 6.07) is 10.2. The molecule has 0 aliphatic heterocycles. The molecular formula is C14H22O. The van der Waals surface area contributed by atoms with Crippen LogP contribution < -0.4 is 0 Å². The van der Waals surface area contributed by atoms with E-state index >= 15 is 0 Å². The first-order valence-electron chi connectivity index (χ1n) is 5.13. The van der Waals surface area contributed by atoms with Crippen molar-refractivity contribution in [3.63, 3.8) is 0 Å². The summed E-state index contributed by atoms with van der Waals surface area (Å²) in [4.78, 5) is 0. The number of methoxy groups -OCH3 is 1. The Morgan fingerprint density at radius 3 is 1.73 bits per heavy atom. The van der Waals surface area contributed by atoms with E-state index < -0.39 is 0 Å². The summed E-state index contributed by atoms with van der Waals surface area (Å²) in [5.74, 6) is 0. The number of hydrogen-bond donors (Lipinski definition) is 0. The molecule has 0 saturated carbocycles. The largest absolute Gasteiger partial charge is 0.379 e. The highest BCUT2D eigenvalue weighted by Crippen LogP contribution is 2.08. The molecule has 1 rings (SSSR count). The normalized spacial score (nSPS) is 10.2. The van der Waals surface area contributed by atoms with Crippen LogP contribution in [0.15, 0.2) is 36.9 Å². The molecule has 0 unspecified atom stereocenters. The minimum atomic E-state index is 0.0417. The summed E-state index contributed by atoms with van der Waals surface area (Å²) in [6.45, 7) is 11.9. The number of benzene rings is 1. The highest BCUT2D eigenvalue weighted by Gasteiger charge is 2.03. The van der Waals surface area contributed by atoms with Crippen molar-refractivity contribution in [1.29, 1.82) is 0 Å². The van der Waals surface area contributed by atoms with Crippen LogP contribution in [-0.4, -0.2) is 12.7 Å². The van der Waals surface area contributed by atoms with Gasteiger partial charge in [-0.3, -0.25) is 0 Å². The maximum absolute atomic E-state index is 4.94. The SMILES string of the molecule is C=C(C)c1ccccc1.COC(C)(C)C. The van der Waals surface area contributed by atoms with Crippen molar-refractivity contribution < 1.29 is 4.74 Å². The molecule has 15 heavy (non-hydrogen) atoms. The van der Waals surface area contributed by atoms with Gasteiger partial charge in [0.15, 0.2) is 0 Å². The van der Waals surface area contributed by atoms with Gasteiger partial charge in [-0.25, -0.2) is 0 Å². The Labute approximate surface area is 93.8 Å². The summed E-state index contributed by atoms with van der Waals surface area (Å²) in [6.07, 6.45) is 0. The fourth-order valence-corrected chi connectivity index (χ4v) is 0.723. The average molecular weight is 206 g/mol. The molecule has 1 nitrogen and oxygen atoms in total. The minimum Gasteiger partial charge on any atom is -0.379 e. The first kappa shape index (κ1) is 13.9. The predicted molar refractivity (Wildman–Crippen MR) is 67.9 cm³/mol. The van der Waals surface area contributed by atoms with Gasteiger partial charge in [0.05, 0.1) is 5.60 Å². The van der Waals surface area contributed by atoms with Gasteiger partial charge in [0, 0.05) is 7.11 Å². The van der Waals surface area contributed by atoms with E-state index in [1.54, 1.807) is 7.11 Å². The van der Waals surface area contributed by atoms with E-state index in [1.807, 2.05) is 45.9 Å². The number of ether oxygens (including phenoxy) is 1. The monoisotopic (exact) mass is 206 g/mol. The van der Waals surface area contributed by atoms with Gasteiger partial charge in [-0.2, -0.15) is 0 Å². The molecule has 0 radical (unpaired) electrons. The molecule has 0 aromatic heterocycles. The van der Waals surface area contributed by atoms with Crippen LogP contribution in [0.25, 0.3) is 5.57 Å². The second-order valence-corrected chi connectivity index (χ2v) is 4.46. The first-order valence-corrected chi connectivity index (χ1v) is 5.13. The van der Waals surface area contributed by atoms with Crippen molar-refractivity contribution in [3.05, 3.63) is 42.5 Å². The molecule has 0 aliphatic rings. The van der Waals surface area contributed by atoms with E-state index in [4.69, 9.17) is 4.74 Å². The van der Waals surface area contributed by atoms with Gasteiger partial charge in [0.1, 0.15) is 0 Å². The fraction of sp³-hybridized carbons (Fsp3) is 0.429. The molecule has 0 saturated heterocycles. The van der Waals surface area contributed by atoms with Crippen LogP contribution in [0.5, 0.6) is 0 Å². The van der Waals surface area contributed by atoms with Gasteiger partial charge >= 0.3 is 0 Å². The number of allylic oxidation sites excluding steroid dienone is 1. The Morgan fingerprint density at radius 2 is 1.53 bits per heavy atom. The Hall–Kier alpha value is -1.08. The molecular weight excluding hydrogens is 184 g/mol. The van der Waals surface area contributed by atoms with Gasteiger partial charge in [0.25, 0.3) is 0 Å². The maximum atomic E-state index is 4.94. The molecule has 84 valence electrons. The van der Waals surface area contributed by atoms with Crippen LogP contribution in [0.1, 0.15) is 33.3 Å². The minimum absolute atomic E-state index is 0.0417. The topological polar surface area (TPSA) is 9.23 Å². The summed E-state index contributed by atoms with van der Waals surface area (Å²) in [7, 11) is 1.71. The Kier molecular flexibility index (Phi) is 5.95. The van der Waals surface area contributed by atoms with Crippen LogP contribution in [0, 0.1) is 0 Å². The lowest BCUT2D eigenvalue weighted by Gasteiger charge is -2.14. The summed E-state index contributed by atoms with van der Waals surface area (Å²) in [5, 5.41) is 0. The van der Waals surface area contributed by atoms with Gasteiger partial charge in [-0.15, -0.1) is 0 Å². The smallest absolute Gasteiger partial charge is 0.0594 e. The van der Waals surface area contributed by atoms with Crippen LogP contribution in [0.4, 0.5) is 0 Å². The molecule has 0 N–H and O–H groups in total. The van der Waals surface area contributed by atoms with Crippen molar-refractivity contribution >= 4 is 5.57 Å². The second kappa shape index (κ2) is 6.41. The van der Waals surface area contributed by atoms with Crippen molar-refractivity contribution in [2.75, 3.05) is 7.11 Å². The third-order valence-corrected chi connectivity index (χ3v) is 1.88. The van der Waals surface area contributed by atoms with E-state index in [2.05, 4.69) is 18.7 Å². The quantitative estimate of drug-likeness (QED) is 0.670. The van der Waals surface area contributed by atoms with Gasteiger partial charge in [-0.1, -0.05) is 42.5 Å². The summed E-state index contributed by atoms with van der Waals surface area (Å²) in [5.41, 5.74) is 2.38.